The van der Waals surface area contributed by atoms with Gasteiger partial charge < -0.3 is 5.11 Å². The molecular formula is C13H24O2. The van der Waals surface area contributed by atoms with Gasteiger partial charge in [0.25, 0.3) is 0 Å². The normalized spacial score (nSPS) is 33.7. The Morgan fingerprint density at radius 2 is 2.20 bits per heavy atom. The number of rotatable bonds is 4. The van der Waals surface area contributed by atoms with Crippen molar-refractivity contribution >= 4 is 5.97 Å². The highest BCUT2D eigenvalue weighted by Gasteiger charge is 2.45. The van der Waals surface area contributed by atoms with Gasteiger partial charge in [0.2, 0.25) is 0 Å². The topological polar surface area (TPSA) is 37.3 Å². The predicted octanol–water partition coefficient (Wildman–Crippen LogP) is 3.70. The van der Waals surface area contributed by atoms with Crippen molar-refractivity contribution in [2.24, 2.45) is 17.3 Å². The molecule has 0 heterocycles. The fourth-order valence-electron chi connectivity index (χ4n) is 3.02. The van der Waals surface area contributed by atoms with Crippen molar-refractivity contribution in [1.29, 1.82) is 0 Å². The fraction of sp³-hybridized carbons (Fsp3) is 0.923. The molecule has 88 valence electrons. The minimum Gasteiger partial charge on any atom is -0.481 e. The monoisotopic (exact) mass is 212 g/mol. The molecule has 1 N–H and O–H groups in total. The first-order valence-corrected chi connectivity index (χ1v) is 6.30. The standard InChI is InChI=1S/C13H24O2/c1-4-10(3)13(12(14)15)8-6-7-11(5-2)9-13/h10-11H,4-9H2,1-3H3,(H,14,15). The second kappa shape index (κ2) is 5.00. The predicted molar refractivity (Wildman–Crippen MR) is 61.8 cm³/mol. The van der Waals surface area contributed by atoms with Crippen LogP contribution in [0, 0.1) is 17.3 Å². The molecule has 0 aromatic heterocycles. The molecule has 1 aliphatic carbocycles. The Morgan fingerprint density at radius 3 is 2.67 bits per heavy atom. The third kappa shape index (κ3) is 2.35. The van der Waals surface area contributed by atoms with E-state index in [1.807, 2.05) is 0 Å². The molecule has 1 rings (SSSR count). The van der Waals surface area contributed by atoms with E-state index < -0.39 is 11.4 Å². The quantitative estimate of drug-likeness (QED) is 0.771. The summed E-state index contributed by atoms with van der Waals surface area (Å²) in [5.41, 5.74) is -0.423. The molecule has 0 bridgehead atoms. The van der Waals surface area contributed by atoms with Crippen molar-refractivity contribution in [1.82, 2.24) is 0 Å². The van der Waals surface area contributed by atoms with Crippen LogP contribution in [-0.2, 0) is 4.79 Å². The minimum absolute atomic E-state index is 0.310. The molecule has 1 fully saturated rings. The van der Waals surface area contributed by atoms with E-state index in [-0.39, 0.29) is 0 Å². The van der Waals surface area contributed by atoms with Gasteiger partial charge in [0.15, 0.2) is 0 Å². The van der Waals surface area contributed by atoms with Gasteiger partial charge in [-0.25, -0.2) is 0 Å². The van der Waals surface area contributed by atoms with E-state index in [9.17, 15) is 9.90 Å². The van der Waals surface area contributed by atoms with Gasteiger partial charge in [-0.2, -0.15) is 0 Å². The number of carboxylic acids is 1. The summed E-state index contributed by atoms with van der Waals surface area (Å²) in [7, 11) is 0. The van der Waals surface area contributed by atoms with Gasteiger partial charge in [0.05, 0.1) is 5.41 Å². The summed E-state index contributed by atoms with van der Waals surface area (Å²) in [6.07, 6.45) is 6.20. The first kappa shape index (κ1) is 12.5. The lowest BCUT2D eigenvalue weighted by atomic mass is 9.62. The third-order valence-corrected chi connectivity index (χ3v) is 4.45. The van der Waals surface area contributed by atoms with Crippen molar-refractivity contribution in [3.63, 3.8) is 0 Å². The Labute approximate surface area is 93.1 Å². The molecule has 1 aliphatic rings. The molecule has 0 amide bonds. The van der Waals surface area contributed by atoms with Gasteiger partial charge in [0, 0.05) is 0 Å². The summed E-state index contributed by atoms with van der Waals surface area (Å²) in [6.45, 7) is 6.39. The molecule has 0 spiro atoms. The molecular weight excluding hydrogens is 188 g/mol. The van der Waals surface area contributed by atoms with E-state index in [2.05, 4.69) is 20.8 Å². The Kier molecular flexibility index (Phi) is 4.18. The minimum atomic E-state index is -0.560. The van der Waals surface area contributed by atoms with E-state index in [0.717, 1.165) is 32.1 Å². The molecule has 2 nitrogen and oxygen atoms in total. The van der Waals surface area contributed by atoms with E-state index in [0.29, 0.717) is 11.8 Å². The van der Waals surface area contributed by atoms with Gasteiger partial charge in [-0.1, -0.05) is 46.5 Å². The van der Waals surface area contributed by atoms with Crippen molar-refractivity contribution in [3.8, 4) is 0 Å². The molecule has 15 heavy (non-hydrogen) atoms. The molecule has 0 radical (unpaired) electrons. The molecule has 2 heteroatoms. The van der Waals surface area contributed by atoms with E-state index in [1.165, 1.54) is 6.42 Å². The molecule has 0 aromatic carbocycles. The zero-order valence-electron chi connectivity index (χ0n) is 10.3. The summed E-state index contributed by atoms with van der Waals surface area (Å²) < 4.78 is 0. The average molecular weight is 212 g/mol. The molecule has 3 atom stereocenters. The molecule has 0 aliphatic heterocycles. The molecule has 0 saturated heterocycles. The van der Waals surface area contributed by atoms with Gasteiger partial charge >= 0.3 is 5.97 Å². The highest BCUT2D eigenvalue weighted by molar-refractivity contribution is 5.75. The van der Waals surface area contributed by atoms with Crippen LogP contribution < -0.4 is 0 Å². The second-order valence-corrected chi connectivity index (χ2v) is 5.14. The SMILES string of the molecule is CCC1CCCC(C(=O)O)(C(C)CC)C1. The maximum atomic E-state index is 11.5. The largest absolute Gasteiger partial charge is 0.481 e. The maximum Gasteiger partial charge on any atom is 0.309 e. The summed E-state index contributed by atoms with van der Waals surface area (Å²) in [6, 6.07) is 0. The highest BCUT2D eigenvalue weighted by atomic mass is 16.4. The first-order chi connectivity index (χ1) is 7.06. The summed E-state index contributed by atoms with van der Waals surface area (Å²) in [4.78, 5) is 11.5. The highest BCUT2D eigenvalue weighted by Crippen LogP contribution is 2.47. The maximum absolute atomic E-state index is 11.5. The Balaban J connectivity index is 2.85. The van der Waals surface area contributed by atoms with Crippen LogP contribution in [0.1, 0.15) is 59.3 Å². The fourth-order valence-corrected chi connectivity index (χ4v) is 3.02. The lowest BCUT2D eigenvalue weighted by Gasteiger charge is -2.41. The van der Waals surface area contributed by atoms with Crippen LogP contribution in [0.4, 0.5) is 0 Å². The Hall–Kier alpha value is -0.530. The molecule has 1 saturated carbocycles. The van der Waals surface area contributed by atoms with Crippen LogP contribution >= 0.6 is 0 Å². The number of hydrogen-bond donors (Lipinski definition) is 1. The van der Waals surface area contributed by atoms with Crippen molar-refractivity contribution < 1.29 is 9.90 Å². The summed E-state index contributed by atoms with van der Waals surface area (Å²) >= 11 is 0. The van der Waals surface area contributed by atoms with E-state index >= 15 is 0 Å². The van der Waals surface area contributed by atoms with Crippen LogP contribution in [0.5, 0.6) is 0 Å². The average Bonchev–Trinajstić information content (AvgIpc) is 2.27. The number of aliphatic carboxylic acids is 1. The second-order valence-electron chi connectivity index (χ2n) is 5.14. The Bertz CT molecular complexity index is 225. The molecule has 3 unspecified atom stereocenters. The van der Waals surface area contributed by atoms with Gasteiger partial charge in [0.1, 0.15) is 0 Å². The number of carboxylic acid groups (broad SMARTS) is 1. The summed E-state index contributed by atoms with van der Waals surface area (Å²) in [5.74, 6) is 0.378. The lowest BCUT2D eigenvalue weighted by molar-refractivity contribution is -0.156. The van der Waals surface area contributed by atoms with Crippen molar-refractivity contribution in [3.05, 3.63) is 0 Å². The van der Waals surface area contributed by atoms with Gasteiger partial charge in [-0.05, 0) is 24.7 Å². The van der Waals surface area contributed by atoms with E-state index in [1.54, 1.807) is 0 Å². The number of carbonyl (C=O) groups is 1. The zero-order chi connectivity index (χ0) is 11.5. The van der Waals surface area contributed by atoms with Gasteiger partial charge in [-0.3, -0.25) is 4.79 Å². The van der Waals surface area contributed by atoms with Crippen LogP contribution in [-0.4, -0.2) is 11.1 Å². The Morgan fingerprint density at radius 1 is 1.53 bits per heavy atom. The summed E-state index contributed by atoms with van der Waals surface area (Å²) in [5, 5.41) is 9.50. The molecule has 0 aromatic rings. The van der Waals surface area contributed by atoms with Gasteiger partial charge in [-0.15, -0.1) is 0 Å². The zero-order valence-corrected chi connectivity index (χ0v) is 10.3. The van der Waals surface area contributed by atoms with E-state index in [4.69, 9.17) is 0 Å². The first-order valence-electron chi connectivity index (χ1n) is 6.30. The third-order valence-electron chi connectivity index (χ3n) is 4.45. The van der Waals surface area contributed by atoms with Crippen LogP contribution in [0.15, 0.2) is 0 Å². The van der Waals surface area contributed by atoms with Crippen LogP contribution in [0.25, 0.3) is 0 Å². The van der Waals surface area contributed by atoms with Crippen molar-refractivity contribution in [2.75, 3.05) is 0 Å². The van der Waals surface area contributed by atoms with Crippen LogP contribution in [0.2, 0.25) is 0 Å². The lowest BCUT2D eigenvalue weighted by Crippen LogP contribution is -2.41. The smallest absolute Gasteiger partial charge is 0.309 e. The van der Waals surface area contributed by atoms with Crippen LogP contribution in [0.3, 0.4) is 0 Å². The number of hydrogen-bond acceptors (Lipinski definition) is 1. The van der Waals surface area contributed by atoms with Crippen molar-refractivity contribution in [2.45, 2.75) is 59.3 Å².